The van der Waals surface area contributed by atoms with Crippen LogP contribution in [0, 0.1) is 13.8 Å². The maximum Gasteiger partial charge on any atom is 0.490 e. The highest BCUT2D eigenvalue weighted by molar-refractivity contribution is 5.73. The van der Waals surface area contributed by atoms with Crippen molar-refractivity contribution in [3.63, 3.8) is 0 Å². The van der Waals surface area contributed by atoms with E-state index in [9.17, 15) is 26.3 Å². The summed E-state index contributed by atoms with van der Waals surface area (Å²) < 4.78 is 75.7. The highest BCUT2D eigenvalue weighted by atomic mass is 19.4. The molecule has 2 saturated heterocycles. The van der Waals surface area contributed by atoms with Gasteiger partial charge in [-0.25, -0.2) is 9.59 Å². The van der Waals surface area contributed by atoms with Crippen molar-refractivity contribution >= 4 is 17.8 Å². The summed E-state index contributed by atoms with van der Waals surface area (Å²) in [5.41, 5.74) is 2.85. The molecule has 2 aromatic rings. The van der Waals surface area contributed by atoms with Gasteiger partial charge in [0.15, 0.2) is 5.82 Å². The molecule has 0 saturated carbocycles. The molecule has 0 aliphatic carbocycles. The molecule has 2 fully saturated rings. The van der Waals surface area contributed by atoms with Crippen LogP contribution in [0.5, 0.6) is 0 Å². The van der Waals surface area contributed by atoms with Gasteiger partial charge in [0.05, 0.1) is 37.2 Å². The molecule has 0 aromatic carbocycles. The number of carboxylic acid groups (broad SMARTS) is 2. The molecule has 16 heteroatoms. The van der Waals surface area contributed by atoms with Gasteiger partial charge in [0.1, 0.15) is 5.60 Å². The van der Waals surface area contributed by atoms with Crippen molar-refractivity contribution in [1.82, 2.24) is 15.2 Å². The number of anilines is 1. The number of hydrogen-bond donors (Lipinski definition) is 2. The van der Waals surface area contributed by atoms with Gasteiger partial charge in [0, 0.05) is 18.7 Å². The largest absolute Gasteiger partial charge is 0.490 e. The number of carboxylic acids is 2. The summed E-state index contributed by atoms with van der Waals surface area (Å²) in [5.74, 6) is -4.59. The Morgan fingerprint density at radius 1 is 1.00 bits per heavy atom. The molecule has 39 heavy (non-hydrogen) atoms. The maximum absolute atomic E-state index is 10.6. The number of aliphatic carboxylic acids is 2. The third-order valence-corrected chi connectivity index (χ3v) is 5.41. The summed E-state index contributed by atoms with van der Waals surface area (Å²) in [4.78, 5) is 24.5. The van der Waals surface area contributed by atoms with Gasteiger partial charge < -0.3 is 24.6 Å². The van der Waals surface area contributed by atoms with Crippen LogP contribution in [0.15, 0.2) is 30.3 Å². The molecule has 0 bridgehead atoms. The predicted octanol–water partition coefficient (Wildman–Crippen LogP) is 3.71. The highest BCUT2D eigenvalue weighted by Crippen LogP contribution is 2.37. The Balaban J connectivity index is 0.000000317. The molecule has 4 rings (SSSR count). The molecular weight excluding hydrogens is 542 g/mol. The molecule has 1 atom stereocenters. The number of alkyl halides is 6. The van der Waals surface area contributed by atoms with Crippen LogP contribution in [0.3, 0.4) is 0 Å². The van der Waals surface area contributed by atoms with Crippen LogP contribution in [-0.2, 0) is 25.7 Å². The topological polar surface area (TPSA) is 135 Å². The summed E-state index contributed by atoms with van der Waals surface area (Å²) in [7, 11) is 0. The van der Waals surface area contributed by atoms with E-state index >= 15 is 0 Å². The van der Waals surface area contributed by atoms with E-state index in [1.54, 1.807) is 0 Å². The molecule has 10 nitrogen and oxygen atoms in total. The Labute approximate surface area is 218 Å². The fraction of sp³-hybridized carbons (Fsp3) is 0.522. The van der Waals surface area contributed by atoms with Gasteiger partial charge in [-0.15, -0.1) is 5.10 Å². The lowest BCUT2D eigenvalue weighted by molar-refractivity contribution is -0.193. The molecule has 1 unspecified atom stereocenters. The van der Waals surface area contributed by atoms with Crippen molar-refractivity contribution in [2.75, 3.05) is 24.6 Å². The Hall–Kier alpha value is -3.53. The fourth-order valence-corrected chi connectivity index (χ4v) is 3.60. The van der Waals surface area contributed by atoms with Crippen LogP contribution < -0.4 is 4.90 Å². The number of rotatable bonds is 4. The first-order valence-corrected chi connectivity index (χ1v) is 11.3. The van der Waals surface area contributed by atoms with Crippen molar-refractivity contribution < 1.29 is 55.6 Å². The number of aromatic nitrogens is 3. The lowest BCUT2D eigenvalue weighted by Crippen LogP contribution is -2.66. The zero-order valence-corrected chi connectivity index (χ0v) is 20.8. The van der Waals surface area contributed by atoms with Crippen molar-refractivity contribution in [3.8, 4) is 0 Å². The third kappa shape index (κ3) is 10.3. The summed E-state index contributed by atoms with van der Waals surface area (Å²) >= 11 is 0. The Bertz CT molecular complexity index is 1080. The minimum absolute atomic E-state index is 0.102. The van der Waals surface area contributed by atoms with E-state index in [0.29, 0.717) is 6.61 Å². The van der Waals surface area contributed by atoms with E-state index in [-0.39, 0.29) is 11.7 Å². The maximum atomic E-state index is 10.6. The predicted molar refractivity (Wildman–Crippen MR) is 122 cm³/mol. The van der Waals surface area contributed by atoms with Crippen LogP contribution in [0.4, 0.5) is 32.2 Å². The molecular formula is C23H26F6N4O6. The highest BCUT2D eigenvalue weighted by Gasteiger charge is 2.48. The zero-order chi connectivity index (χ0) is 29.4. The average Bonchev–Trinajstić information content (AvgIpc) is 2.82. The molecule has 2 aromatic heterocycles. The molecule has 4 heterocycles. The normalized spacial score (nSPS) is 18.2. The molecule has 2 aliphatic heterocycles. The van der Waals surface area contributed by atoms with Crippen molar-refractivity contribution in [3.05, 3.63) is 47.4 Å². The first-order valence-electron chi connectivity index (χ1n) is 11.3. The first kappa shape index (κ1) is 31.7. The Morgan fingerprint density at radius 3 is 2.08 bits per heavy atom. The number of aryl methyl sites for hydroxylation is 2. The van der Waals surface area contributed by atoms with Crippen molar-refractivity contribution in [2.45, 2.75) is 57.4 Å². The van der Waals surface area contributed by atoms with E-state index in [1.807, 2.05) is 44.2 Å². The van der Waals surface area contributed by atoms with E-state index in [2.05, 4.69) is 20.1 Å². The third-order valence-electron chi connectivity index (χ3n) is 5.41. The minimum atomic E-state index is -5.08. The minimum Gasteiger partial charge on any atom is -0.475 e. The van der Waals surface area contributed by atoms with Gasteiger partial charge in [-0.2, -0.15) is 31.4 Å². The Kier molecular flexibility index (Phi) is 10.6. The number of carbonyl (C=O) groups is 2. The summed E-state index contributed by atoms with van der Waals surface area (Å²) in [5, 5.41) is 22.6. The second-order valence-corrected chi connectivity index (χ2v) is 8.72. The number of halogens is 6. The molecule has 0 amide bonds. The number of nitrogens with zero attached hydrogens (tertiary/aromatic N) is 4. The standard InChI is InChI=1S/C19H24N4O2.2C2HF3O2/c1-14-4-3-5-16(20-14)11-24-17-8-9-25-19(10-17)12-23(13-19)18-7-6-15(2)21-22-18;2*3-2(4,5)1(6)7/h3-7,17H,8-13H2,1-2H3;2*(H,6,7). The van der Waals surface area contributed by atoms with E-state index < -0.39 is 24.3 Å². The lowest BCUT2D eigenvalue weighted by Gasteiger charge is -2.53. The van der Waals surface area contributed by atoms with Gasteiger partial charge in [-0.05, 0) is 44.5 Å². The monoisotopic (exact) mass is 568 g/mol. The Morgan fingerprint density at radius 2 is 1.59 bits per heavy atom. The van der Waals surface area contributed by atoms with Crippen molar-refractivity contribution in [1.29, 1.82) is 0 Å². The molecule has 0 radical (unpaired) electrons. The van der Waals surface area contributed by atoms with Crippen LogP contribution in [0.25, 0.3) is 0 Å². The van der Waals surface area contributed by atoms with Gasteiger partial charge in [0.2, 0.25) is 0 Å². The number of hydrogen-bond acceptors (Lipinski definition) is 8. The van der Waals surface area contributed by atoms with Gasteiger partial charge in [-0.1, -0.05) is 6.07 Å². The molecule has 216 valence electrons. The lowest BCUT2D eigenvalue weighted by atomic mass is 9.84. The van der Waals surface area contributed by atoms with E-state index in [0.717, 1.165) is 55.4 Å². The zero-order valence-electron chi connectivity index (χ0n) is 20.8. The van der Waals surface area contributed by atoms with Gasteiger partial charge in [-0.3, -0.25) is 4.98 Å². The molecule has 2 aliphatic rings. The average molecular weight is 568 g/mol. The first-order chi connectivity index (χ1) is 18.0. The quantitative estimate of drug-likeness (QED) is 0.526. The van der Waals surface area contributed by atoms with Crippen molar-refractivity contribution in [2.24, 2.45) is 0 Å². The summed E-state index contributed by atoms with van der Waals surface area (Å²) in [6, 6.07) is 10.1. The summed E-state index contributed by atoms with van der Waals surface area (Å²) in [6.45, 7) is 6.98. The number of pyridine rings is 1. The second-order valence-electron chi connectivity index (χ2n) is 8.72. The van der Waals surface area contributed by atoms with Crippen LogP contribution >= 0.6 is 0 Å². The molecule has 2 N–H and O–H groups in total. The fourth-order valence-electron chi connectivity index (χ4n) is 3.60. The van der Waals surface area contributed by atoms with Gasteiger partial charge >= 0.3 is 24.3 Å². The van der Waals surface area contributed by atoms with E-state index in [4.69, 9.17) is 29.3 Å². The van der Waals surface area contributed by atoms with Crippen LogP contribution in [0.2, 0.25) is 0 Å². The molecule has 1 spiro atoms. The summed E-state index contributed by atoms with van der Waals surface area (Å²) in [6.07, 6.45) is -8.07. The second kappa shape index (κ2) is 13.0. The van der Waals surface area contributed by atoms with Crippen LogP contribution in [0.1, 0.15) is 29.9 Å². The SMILES string of the molecule is Cc1ccc(N2CC3(CC(OCc4cccc(C)n4)CCO3)C2)nn1.O=C(O)C(F)(F)F.O=C(O)C(F)(F)F. The van der Waals surface area contributed by atoms with E-state index in [1.165, 1.54) is 0 Å². The number of ether oxygens (including phenoxy) is 2. The van der Waals surface area contributed by atoms with Gasteiger partial charge in [0.25, 0.3) is 0 Å². The smallest absolute Gasteiger partial charge is 0.475 e. The van der Waals surface area contributed by atoms with Crippen LogP contribution in [-0.4, -0.2) is 81.1 Å².